The number of hydrogen-bond acceptors (Lipinski definition) is 4. The van der Waals surface area contributed by atoms with Crippen molar-refractivity contribution >= 4 is 0 Å². The fraction of sp³-hybridized carbons (Fsp3) is 0.625. The fourth-order valence-electron chi connectivity index (χ4n) is 3.86. The van der Waals surface area contributed by atoms with Crippen LogP contribution in [0.3, 0.4) is 0 Å². The lowest BCUT2D eigenvalue weighted by atomic mass is 9.75. The predicted molar refractivity (Wildman–Crippen MR) is 73.9 cm³/mol. The van der Waals surface area contributed by atoms with Crippen molar-refractivity contribution in [1.29, 1.82) is 0 Å². The third kappa shape index (κ3) is 2.25. The average molecular weight is 311 g/mol. The van der Waals surface area contributed by atoms with Crippen LogP contribution < -0.4 is 5.48 Å². The molecule has 0 bridgehead atoms. The van der Waals surface area contributed by atoms with Crippen LogP contribution in [0.1, 0.15) is 24.8 Å². The quantitative estimate of drug-likeness (QED) is 0.909. The van der Waals surface area contributed by atoms with Gasteiger partial charge in [-0.1, -0.05) is 6.07 Å². The summed E-state index contributed by atoms with van der Waals surface area (Å²) in [4.78, 5) is 5.41. The highest BCUT2D eigenvalue weighted by Crippen LogP contribution is 2.43. The zero-order valence-corrected chi connectivity index (χ0v) is 12.2. The van der Waals surface area contributed by atoms with Crippen LogP contribution in [0, 0.1) is 17.6 Å². The summed E-state index contributed by atoms with van der Waals surface area (Å²) in [5.74, 6) is -1.07. The number of fused-ring (bicyclic) bond motifs is 1. The van der Waals surface area contributed by atoms with Crippen LogP contribution in [-0.2, 0) is 19.9 Å². The van der Waals surface area contributed by atoms with Crippen LogP contribution in [0.4, 0.5) is 8.78 Å². The van der Waals surface area contributed by atoms with Gasteiger partial charge in [-0.25, -0.2) is 8.78 Å². The van der Waals surface area contributed by atoms with E-state index in [0.717, 1.165) is 31.9 Å². The Balaban J connectivity index is 1.61. The van der Waals surface area contributed by atoms with Crippen molar-refractivity contribution in [1.82, 2.24) is 5.48 Å². The number of benzene rings is 1. The lowest BCUT2D eigenvalue weighted by molar-refractivity contribution is -0.118. The lowest BCUT2D eigenvalue weighted by Gasteiger charge is -2.42. The highest BCUT2D eigenvalue weighted by molar-refractivity contribution is 5.29. The molecule has 3 saturated heterocycles. The molecule has 1 aromatic rings. The van der Waals surface area contributed by atoms with E-state index in [-0.39, 0.29) is 18.1 Å². The molecule has 0 spiro atoms. The summed E-state index contributed by atoms with van der Waals surface area (Å²) in [6.07, 6.45) is 2.95. The maximum Gasteiger partial charge on any atom is 0.131 e. The summed E-state index contributed by atoms with van der Waals surface area (Å²) in [5.41, 5.74) is 2.59. The molecule has 0 radical (unpaired) electrons. The highest BCUT2D eigenvalue weighted by Gasteiger charge is 2.52. The summed E-state index contributed by atoms with van der Waals surface area (Å²) < 4.78 is 39.1. The van der Waals surface area contributed by atoms with E-state index in [1.54, 1.807) is 0 Å². The standard InChI is InChI=1S/C16H19F2NO3/c17-11-3-4-12(13(18)7-11)16-9-21-15(14-2-1-5-20-14)6-10(16)8-22-19-16/h3-4,7,10,14-15,19H,1-2,5-6,8-9H2/t10-,14-,15+,16-/m0/s1. The van der Waals surface area contributed by atoms with Gasteiger partial charge in [0.15, 0.2) is 0 Å². The van der Waals surface area contributed by atoms with Gasteiger partial charge in [-0.15, -0.1) is 0 Å². The first-order valence-corrected chi connectivity index (χ1v) is 7.77. The Hall–Kier alpha value is -1.08. The van der Waals surface area contributed by atoms with E-state index in [1.165, 1.54) is 12.1 Å². The van der Waals surface area contributed by atoms with Gasteiger partial charge in [0.2, 0.25) is 0 Å². The van der Waals surface area contributed by atoms with Gasteiger partial charge >= 0.3 is 0 Å². The van der Waals surface area contributed by atoms with Gasteiger partial charge in [0, 0.05) is 24.2 Å². The van der Waals surface area contributed by atoms with Crippen molar-refractivity contribution < 1.29 is 23.1 Å². The summed E-state index contributed by atoms with van der Waals surface area (Å²) >= 11 is 0. The molecular formula is C16H19F2NO3. The SMILES string of the molecule is Fc1ccc([C@]23CO[C@@H]([C@@H]4CCCO4)C[C@H]2CON3)c(F)c1. The van der Waals surface area contributed by atoms with Crippen LogP contribution in [0.2, 0.25) is 0 Å². The molecule has 1 aromatic carbocycles. The zero-order valence-electron chi connectivity index (χ0n) is 12.2. The maximum absolute atomic E-state index is 14.3. The van der Waals surface area contributed by atoms with Crippen LogP contribution in [-0.4, -0.2) is 32.0 Å². The molecule has 22 heavy (non-hydrogen) atoms. The van der Waals surface area contributed by atoms with Gasteiger partial charge in [0.05, 0.1) is 31.0 Å². The predicted octanol–water partition coefficient (Wildman–Crippen LogP) is 2.28. The number of halogens is 2. The van der Waals surface area contributed by atoms with Crippen molar-refractivity contribution in [3.05, 3.63) is 35.4 Å². The molecular weight excluding hydrogens is 292 g/mol. The first kappa shape index (κ1) is 14.5. The molecule has 0 amide bonds. The molecule has 1 N–H and O–H groups in total. The summed E-state index contributed by atoms with van der Waals surface area (Å²) in [5, 5.41) is 0. The van der Waals surface area contributed by atoms with Gasteiger partial charge in [0.25, 0.3) is 0 Å². The van der Waals surface area contributed by atoms with E-state index < -0.39 is 17.2 Å². The first-order chi connectivity index (χ1) is 10.7. The van der Waals surface area contributed by atoms with Crippen molar-refractivity contribution in [2.75, 3.05) is 19.8 Å². The largest absolute Gasteiger partial charge is 0.376 e. The molecule has 3 fully saturated rings. The van der Waals surface area contributed by atoms with E-state index in [4.69, 9.17) is 14.3 Å². The smallest absolute Gasteiger partial charge is 0.131 e. The van der Waals surface area contributed by atoms with E-state index in [2.05, 4.69) is 5.48 Å². The van der Waals surface area contributed by atoms with E-state index in [9.17, 15) is 8.78 Å². The molecule has 3 aliphatic rings. The minimum atomic E-state index is -0.743. The Morgan fingerprint density at radius 3 is 2.86 bits per heavy atom. The average Bonchev–Trinajstić information content (AvgIpc) is 3.16. The maximum atomic E-state index is 14.3. The van der Waals surface area contributed by atoms with E-state index in [1.807, 2.05) is 0 Å². The van der Waals surface area contributed by atoms with Crippen molar-refractivity contribution in [2.45, 2.75) is 37.0 Å². The number of rotatable bonds is 2. The van der Waals surface area contributed by atoms with Crippen LogP contribution in [0.25, 0.3) is 0 Å². The lowest BCUT2D eigenvalue weighted by Crippen LogP contribution is -2.53. The number of hydroxylamine groups is 1. The Bertz CT molecular complexity index is 564. The monoisotopic (exact) mass is 311 g/mol. The first-order valence-electron chi connectivity index (χ1n) is 7.77. The Morgan fingerprint density at radius 2 is 2.09 bits per heavy atom. The third-order valence-corrected chi connectivity index (χ3v) is 5.07. The van der Waals surface area contributed by atoms with Crippen molar-refractivity contribution in [3.8, 4) is 0 Å². The van der Waals surface area contributed by atoms with E-state index in [0.29, 0.717) is 18.8 Å². The highest BCUT2D eigenvalue weighted by atomic mass is 19.1. The van der Waals surface area contributed by atoms with Gasteiger partial charge in [0.1, 0.15) is 11.6 Å². The second-order valence-corrected chi connectivity index (χ2v) is 6.34. The Labute approximate surface area is 127 Å². The van der Waals surface area contributed by atoms with E-state index >= 15 is 0 Å². The normalized spacial score (nSPS) is 38.2. The topological polar surface area (TPSA) is 39.7 Å². The molecule has 3 heterocycles. The summed E-state index contributed by atoms with van der Waals surface area (Å²) in [6, 6.07) is 3.67. The number of nitrogens with one attached hydrogen (secondary N) is 1. The molecule has 0 saturated carbocycles. The molecule has 4 nitrogen and oxygen atoms in total. The Morgan fingerprint density at radius 1 is 1.18 bits per heavy atom. The second kappa shape index (κ2) is 5.53. The third-order valence-electron chi connectivity index (χ3n) is 5.07. The summed E-state index contributed by atoms with van der Waals surface area (Å²) in [6.45, 7) is 1.57. The van der Waals surface area contributed by atoms with Crippen LogP contribution >= 0.6 is 0 Å². The molecule has 4 rings (SSSR count). The van der Waals surface area contributed by atoms with Crippen molar-refractivity contribution in [3.63, 3.8) is 0 Å². The second-order valence-electron chi connectivity index (χ2n) is 6.34. The number of ether oxygens (including phenoxy) is 2. The molecule has 3 aliphatic heterocycles. The molecule has 6 heteroatoms. The van der Waals surface area contributed by atoms with Gasteiger partial charge < -0.3 is 14.3 Å². The summed E-state index contributed by atoms with van der Waals surface area (Å²) in [7, 11) is 0. The van der Waals surface area contributed by atoms with Crippen molar-refractivity contribution in [2.24, 2.45) is 5.92 Å². The molecule has 0 unspecified atom stereocenters. The molecule has 120 valence electrons. The van der Waals surface area contributed by atoms with Crippen LogP contribution in [0.5, 0.6) is 0 Å². The minimum Gasteiger partial charge on any atom is -0.376 e. The van der Waals surface area contributed by atoms with Gasteiger partial charge in [-0.05, 0) is 25.3 Å². The van der Waals surface area contributed by atoms with Crippen LogP contribution in [0.15, 0.2) is 18.2 Å². The fourth-order valence-corrected chi connectivity index (χ4v) is 3.86. The Kier molecular flexibility index (Phi) is 3.64. The molecule has 0 aliphatic carbocycles. The van der Waals surface area contributed by atoms with Gasteiger partial charge in [-0.2, -0.15) is 5.48 Å². The number of hydrogen-bond donors (Lipinski definition) is 1. The zero-order chi connectivity index (χ0) is 15.2. The molecule has 4 atom stereocenters. The molecule has 0 aromatic heterocycles. The minimum absolute atomic E-state index is 0.0210. The van der Waals surface area contributed by atoms with Gasteiger partial charge in [-0.3, -0.25) is 0 Å².